The molecule has 1 saturated heterocycles. The summed E-state index contributed by atoms with van der Waals surface area (Å²) in [6.07, 6.45) is 3.33. The van der Waals surface area contributed by atoms with E-state index in [1.807, 2.05) is 6.07 Å². The highest BCUT2D eigenvalue weighted by atomic mass is 32.2. The van der Waals surface area contributed by atoms with Crippen LogP contribution in [0.15, 0.2) is 46.5 Å². The first-order valence-corrected chi connectivity index (χ1v) is 12.1. The number of pyridine rings is 1. The molecule has 1 aliphatic heterocycles. The Hall–Kier alpha value is -2.89. The number of fused-ring (bicyclic) bond motifs is 3. The van der Waals surface area contributed by atoms with Crippen molar-refractivity contribution in [3.8, 4) is 0 Å². The maximum absolute atomic E-state index is 13.9. The highest BCUT2D eigenvalue weighted by Gasteiger charge is 2.22. The lowest BCUT2D eigenvalue weighted by Gasteiger charge is -2.15. The number of thiophene rings is 1. The molecule has 0 aliphatic carbocycles. The van der Waals surface area contributed by atoms with Gasteiger partial charge in [0, 0.05) is 24.3 Å². The third-order valence-corrected chi connectivity index (χ3v) is 7.33. The number of amides is 1. The van der Waals surface area contributed by atoms with Crippen molar-refractivity contribution in [2.24, 2.45) is 0 Å². The summed E-state index contributed by atoms with van der Waals surface area (Å²) in [5.74, 6) is -2.20. The first-order chi connectivity index (χ1) is 16.0. The van der Waals surface area contributed by atoms with Crippen LogP contribution in [-0.2, 0) is 16.1 Å². The first-order valence-electron chi connectivity index (χ1n) is 10.3. The zero-order chi connectivity index (χ0) is 22.9. The average Bonchev–Trinajstić information content (AvgIpc) is 3.44. The highest BCUT2D eigenvalue weighted by molar-refractivity contribution is 7.99. The molecule has 170 valence electrons. The fourth-order valence-electron chi connectivity index (χ4n) is 3.71. The van der Waals surface area contributed by atoms with Crippen LogP contribution in [0.25, 0.3) is 20.4 Å². The van der Waals surface area contributed by atoms with Crippen molar-refractivity contribution < 1.29 is 18.3 Å². The number of hydrogen-bond acceptors (Lipinski definition) is 7. The molecule has 0 spiro atoms. The van der Waals surface area contributed by atoms with Gasteiger partial charge in [-0.3, -0.25) is 14.2 Å². The second kappa shape index (κ2) is 9.16. The van der Waals surface area contributed by atoms with Gasteiger partial charge in [0.2, 0.25) is 5.91 Å². The predicted octanol–water partition coefficient (Wildman–Crippen LogP) is 4.19. The van der Waals surface area contributed by atoms with Crippen LogP contribution in [0.5, 0.6) is 0 Å². The van der Waals surface area contributed by atoms with Crippen LogP contribution in [0.1, 0.15) is 12.8 Å². The Bertz CT molecular complexity index is 1420. The van der Waals surface area contributed by atoms with E-state index in [0.717, 1.165) is 42.1 Å². The number of carbonyl (C=O) groups excluding carboxylic acids is 1. The van der Waals surface area contributed by atoms with Gasteiger partial charge in [0.25, 0.3) is 5.56 Å². The molecular formula is C22H18F2N4O3S2. The molecule has 7 nitrogen and oxygen atoms in total. The topological polar surface area (TPSA) is 86.1 Å². The summed E-state index contributed by atoms with van der Waals surface area (Å²) in [5, 5.41) is 3.58. The van der Waals surface area contributed by atoms with Gasteiger partial charge in [0.05, 0.1) is 29.6 Å². The van der Waals surface area contributed by atoms with E-state index in [1.54, 1.807) is 16.8 Å². The molecule has 0 unspecified atom stereocenters. The minimum atomic E-state index is -0.861. The maximum Gasteiger partial charge on any atom is 0.272 e. The molecule has 0 saturated carbocycles. The monoisotopic (exact) mass is 488 g/mol. The SMILES string of the molecule is O=C(CSc1nc2c(sc3ncccc32)c(=O)n1C[C@@H]1CCCO1)Nc1ccc(F)cc1F. The summed E-state index contributed by atoms with van der Waals surface area (Å²) < 4.78 is 34.7. The Balaban J connectivity index is 1.46. The van der Waals surface area contributed by atoms with Crippen molar-refractivity contribution >= 4 is 55.1 Å². The molecule has 3 aromatic heterocycles. The smallest absolute Gasteiger partial charge is 0.272 e. The van der Waals surface area contributed by atoms with E-state index in [2.05, 4.69) is 10.3 Å². The number of nitrogens with one attached hydrogen (secondary N) is 1. The molecule has 5 rings (SSSR count). The number of benzene rings is 1. The van der Waals surface area contributed by atoms with Gasteiger partial charge < -0.3 is 10.1 Å². The summed E-state index contributed by atoms with van der Waals surface area (Å²) in [4.78, 5) is 35.6. The van der Waals surface area contributed by atoms with Crippen LogP contribution in [0.3, 0.4) is 0 Å². The van der Waals surface area contributed by atoms with Crippen LogP contribution >= 0.6 is 23.1 Å². The lowest BCUT2D eigenvalue weighted by molar-refractivity contribution is -0.113. The molecule has 1 aromatic carbocycles. The van der Waals surface area contributed by atoms with Crippen molar-refractivity contribution in [2.45, 2.75) is 30.6 Å². The number of halogens is 2. The molecule has 4 aromatic rings. The van der Waals surface area contributed by atoms with Crippen LogP contribution in [0.2, 0.25) is 0 Å². The number of carbonyl (C=O) groups is 1. The molecule has 1 N–H and O–H groups in total. The summed E-state index contributed by atoms with van der Waals surface area (Å²) in [6, 6.07) is 6.57. The fraction of sp³-hybridized carbons (Fsp3) is 0.273. The Labute approximate surface area is 194 Å². The zero-order valence-corrected chi connectivity index (χ0v) is 18.8. The zero-order valence-electron chi connectivity index (χ0n) is 17.2. The number of rotatable bonds is 6. The summed E-state index contributed by atoms with van der Waals surface area (Å²) >= 11 is 2.37. The molecule has 0 bridgehead atoms. The molecule has 1 amide bonds. The van der Waals surface area contributed by atoms with Gasteiger partial charge in [0.15, 0.2) is 5.16 Å². The summed E-state index contributed by atoms with van der Waals surface area (Å²) in [5.41, 5.74) is 0.229. The van der Waals surface area contributed by atoms with E-state index in [1.165, 1.54) is 11.3 Å². The van der Waals surface area contributed by atoms with E-state index in [9.17, 15) is 18.4 Å². The molecule has 1 atom stereocenters. The third kappa shape index (κ3) is 4.48. The molecule has 11 heteroatoms. The molecule has 4 heterocycles. The Morgan fingerprint density at radius 1 is 1.33 bits per heavy atom. The third-order valence-electron chi connectivity index (χ3n) is 5.27. The van der Waals surface area contributed by atoms with E-state index in [4.69, 9.17) is 9.72 Å². The lowest BCUT2D eigenvalue weighted by atomic mass is 10.2. The second-order valence-corrected chi connectivity index (χ2v) is 9.48. The van der Waals surface area contributed by atoms with Crippen LogP contribution < -0.4 is 10.9 Å². The van der Waals surface area contributed by atoms with E-state index in [-0.39, 0.29) is 23.1 Å². The fourth-order valence-corrected chi connectivity index (χ4v) is 5.54. The van der Waals surface area contributed by atoms with Gasteiger partial charge in [-0.1, -0.05) is 11.8 Å². The summed E-state index contributed by atoms with van der Waals surface area (Å²) in [7, 11) is 0. The van der Waals surface area contributed by atoms with Crippen molar-refractivity contribution in [3.05, 3.63) is 58.5 Å². The number of anilines is 1. The van der Waals surface area contributed by atoms with E-state index in [0.29, 0.717) is 39.4 Å². The molecule has 1 aliphatic rings. The number of hydrogen-bond donors (Lipinski definition) is 1. The Morgan fingerprint density at radius 2 is 2.21 bits per heavy atom. The highest BCUT2D eigenvalue weighted by Crippen LogP contribution is 2.31. The van der Waals surface area contributed by atoms with Crippen LogP contribution in [-0.4, -0.2) is 38.9 Å². The second-order valence-electron chi connectivity index (χ2n) is 7.54. The average molecular weight is 489 g/mol. The lowest BCUT2D eigenvalue weighted by Crippen LogP contribution is -2.28. The minimum Gasteiger partial charge on any atom is -0.376 e. The van der Waals surface area contributed by atoms with Gasteiger partial charge in [-0.2, -0.15) is 0 Å². The van der Waals surface area contributed by atoms with Crippen LogP contribution in [0.4, 0.5) is 14.5 Å². The number of nitrogens with zero attached hydrogens (tertiary/aromatic N) is 3. The normalized spacial score (nSPS) is 16.0. The number of thioether (sulfide) groups is 1. The quantitative estimate of drug-likeness (QED) is 0.324. The van der Waals surface area contributed by atoms with E-state index >= 15 is 0 Å². The van der Waals surface area contributed by atoms with Crippen molar-refractivity contribution in [1.29, 1.82) is 0 Å². The molecular weight excluding hydrogens is 470 g/mol. The molecule has 0 radical (unpaired) electrons. The van der Waals surface area contributed by atoms with E-state index < -0.39 is 17.5 Å². The van der Waals surface area contributed by atoms with Crippen molar-refractivity contribution in [3.63, 3.8) is 0 Å². The van der Waals surface area contributed by atoms with Crippen LogP contribution in [0, 0.1) is 11.6 Å². The largest absolute Gasteiger partial charge is 0.376 e. The number of ether oxygens (including phenoxy) is 1. The maximum atomic E-state index is 13.9. The predicted molar refractivity (Wildman–Crippen MR) is 124 cm³/mol. The van der Waals surface area contributed by atoms with Gasteiger partial charge >= 0.3 is 0 Å². The standard InChI is InChI=1S/C22H18F2N4O3S2/c23-12-5-6-16(15(24)9-12)26-17(29)11-32-22-27-18-14-4-1-7-25-20(14)33-19(18)21(30)28(22)10-13-3-2-8-31-13/h1,4-7,9,13H,2-3,8,10-11H2,(H,26,29)/t13-/m0/s1. The first kappa shape index (κ1) is 21.9. The van der Waals surface area contributed by atoms with Gasteiger partial charge in [0.1, 0.15) is 21.2 Å². The molecule has 33 heavy (non-hydrogen) atoms. The van der Waals surface area contributed by atoms with Gasteiger partial charge in [-0.15, -0.1) is 11.3 Å². The Morgan fingerprint density at radius 3 is 3.00 bits per heavy atom. The van der Waals surface area contributed by atoms with Gasteiger partial charge in [-0.25, -0.2) is 18.7 Å². The minimum absolute atomic E-state index is 0.101. The summed E-state index contributed by atoms with van der Waals surface area (Å²) in [6.45, 7) is 0.982. The van der Waals surface area contributed by atoms with Crippen molar-refractivity contribution in [2.75, 3.05) is 17.7 Å². The molecule has 1 fully saturated rings. The van der Waals surface area contributed by atoms with Gasteiger partial charge in [-0.05, 0) is 37.1 Å². The Kier molecular flexibility index (Phi) is 6.09. The van der Waals surface area contributed by atoms with Crippen molar-refractivity contribution in [1.82, 2.24) is 14.5 Å². The number of aromatic nitrogens is 3.